The molecule has 1 aliphatic rings. The Morgan fingerprint density at radius 2 is 2.36 bits per heavy atom. The Kier molecular flexibility index (Phi) is 4.06. The highest BCUT2D eigenvalue weighted by Gasteiger charge is 2.28. The van der Waals surface area contributed by atoms with Crippen LogP contribution in [0.1, 0.15) is 6.92 Å². The van der Waals surface area contributed by atoms with E-state index in [-0.39, 0.29) is 25.7 Å². The van der Waals surface area contributed by atoms with Crippen LogP contribution >= 0.6 is 11.3 Å². The minimum absolute atomic E-state index is 0.0809. The molecule has 0 spiro atoms. The van der Waals surface area contributed by atoms with E-state index in [0.717, 1.165) is 11.3 Å². The lowest BCUT2D eigenvalue weighted by atomic mass is 10.1. The first-order valence-electron chi connectivity index (χ1n) is 6.80. The fourth-order valence-corrected chi connectivity index (χ4v) is 2.79. The summed E-state index contributed by atoms with van der Waals surface area (Å²) in [6, 6.07) is 5.47. The van der Waals surface area contributed by atoms with Gasteiger partial charge in [0.05, 0.1) is 23.5 Å². The fraction of sp³-hybridized carbons (Fsp3) is 0.267. The Balaban J connectivity index is 1.95. The van der Waals surface area contributed by atoms with Crippen molar-refractivity contribution in [2.45, 2.75) is 6.92 Å². The fourth-order valence-electron chi connectivity index (χ4n) is 2.23. The van der Waals surface area contributed by atoms with Gasteiger partial charge in [0.25, 0.3) is 5.91 Å². The minimum Gasteiger partial charge on any atom is -0.482 e. The van der Waals surface area contributed by atoms with Crippen molar-refractivity contribution in [1.29, 1.82) is 0 Å². The highest BCUT2D eigenvalue weighted by atomic mass is 32.1. The number of thiazole rings is 1. The van der Waals surface area contributed by atoms with Crippen LogP contribution in [0.2, 0.25) is 0 Å². The van der Waals surface area contributed by atoms with E-state index in [0.29, 0.717) is 11.4 Å². The monoisotopic (exact) mass is 318 g/mol. The van der Waals surface area contributed by atoms with Crippen LogP contribution in [-0.2, 0) is 14.3 Å². The van der Waals surface area contributed by atoms with Gasteiger partial charge in [-0.1, -0.05) is 0 Å². The molecule has 2 aromatic rings. The molecule has 1 amide bonds. The number of anilines is 1. The normalized spacial score (nSPS) is 13.5. The van der Waals surface area contributed by atoms with Gasteiger partial charge in [0.15, 0.2) is 6.61 Å². The van der Waals surface area contributed by atoms with E-state index < -0.39 is 5.97 Å². The summed E-state index contributed by atoms with van der Waals surface area (Å²) in [4.78, 5) is 29.4. The van der Waals surface area contributed by atoms with Gasteiger partial charge in [-0.3, -0.25) is 14.5 Å². The first kappa shape index (κ1) is 14.5. The summed E-state index contributed by atoms with van der Waals surface area (Å²) in [5.74, 6) is -0.137. The lowest BCUT2D eigenvalue weighted by Crippen LogP contribution is -2.42. The van der Waals surface area contributed by atoms with Crippen LogP contribution in [0.3, 0.4) is 0 Å². The van der Waals surface area contributed by atoms with Crippen molar-refractivity contribution in [2.24, 2.45) is 0 Å². The Morgan fingerprint density at radius 1 is 1.50 bits per heavy atom. The molecular weight excluding hydrogens is 304 g/mol. The maximum absolute atomic E-state index is 12.1. The molecule has 0 saturated heterocycles. The number of esters is 1. The van der Waals surface area contributed by atoms with Crippen LogP contribution in [0.5, 0.6) is 5.75 Å². The van der Waals surface area contributed by atoms with Gasteiger partial charge in [0.2, 0.25) is 0 Å². The van der Waals surface area contributed by atoms with Gasteiger partial charge in [-0.2, -0.15) is 0 Å². The van der Waals surface area contributed by atoms with Crippen molar-refractivity contribution >= 4 is 28.9 Å². The number of fused-ring (bicyclic) bond motifs is 1. The molecule has 0 unspecified atom stereocenters. The Bertz CT molecular complexity index is 700. The zero-order chi connectivity index (χ0) is 15.5. The largest absolute Gasteiger partial charge is 0.482 e. The van der Waals surface area contributed by atoms with Crippen LogP contribution in [0.4, 0.5) is 5.69 Å². The number of hydrogen-bond donors (Lipinski definition) is 0. The second-order valence-corrected chi connectivity index (χ2v) is 5.35. The summed E-state index contributed by atoms with van der Waals surface area (Å²) in [5.41, 5.74) is 4.00. The first-order valence-corrected chi connectivity index (χ1v) is 7.74. The van der Waals surface area contributed by atoms with E-state index in [9.17, 15) is 9.59 Å². The predicted molar refractivity (Wildman–Crippen MR) is 82.0 cm³/mol. The molecule has 1 aromatic heterocycles. The maximum atomic E-state index is 12.1. The topological polar surface area (TPSA) is 68.7 Å². The maximum Gasteiger partial charge on any atom is 0.326 e. The second-order valence-electron chi connectivity index (χ2n) is 4.63. The molecule has 0 radical (unpaired) electrons. The standard InChI is InChI=1S/C15H14N2O4S/c1-2-20-15(19)6-17-12-5-10(11-8-22-9-16-11)3-4-13(12)21-7-14(17)18/h3-5,8-9H,2,6-7H2,1H3. The number of carbonyl (C=O) groups is 2. The highest BCUT2D eigenvalue weighted by Crippen LogP contribution is 2.35. The van der Waals surface area contributed by atoms with Crippen molar-refractivity contribution in [3.63, 3.8) is 0 Å². The van der Waals surface area contributed by atoms with E-state index in [1.807, 2.05) is 11.4 Å². The van der Waals surface area contributed by atoms with E-state index in [4.69, 9.17) is 9.47 Å². The molecule has 22 heavy (non-hydrogen) atoms. The molecule has 0 aliphatic carbocycles. The summed E-state index contributed by atoms with van der Waals surface area (Å²) < 4.78 is 10.3. The van der Waals surface area contributed by atoms with Crippen molar-refractivity contribution in [3.05, 3.63) is 29.1 Å². The van der Waals surface area contributed by atoms with Gasteiger partial charge in [-0.25, -0.2) is 4.98 Å². The van der Waals surface area contributed by atoms with Crippen molar-refractivity contribution in [1.82, 2.24) is 4.98 Å². The number of amides is 1. The Hall–Kier alpha value is -2.41. The summed E-state index contributed by atoms with van der Waals surface area (Å²) in [6.45, 7) is 1.81. The van der Waals surface area contributed by atoms with Crippen LogP contribution in [0.25, 0.3) is 11.3 Å². The van der Waals surface area contributed by atoms with Gasteiger partial charge in [0.1, 0.15) is 12.3 Å². The first-order chi connectivity index (χ1) is 10.7. The molecule has 7 heteroatoms. The molecular formula is C15H14N2O4S. The summed E-state index contributed by atoms with van der Waals surface area (Å²) in [5, 5.41) is 1.92. The third kappa shape index (κ3) is 2.80. The van der Waals surface area contributed by atoms with Gasteiger partial charge >= 0.3 is 5.97 Å². The molecule has 1 aromatic carbocycles. The molecule has 0 fully saturated rings. The number of rotatable bonds is 4. The van der Waals surface area contributed by atoms with Gasteiger partial charge in [-0.15, -0.1) is 11.3 Å². The molecule has 0 atom stereocenters. The van der Waals surface area contributed by atoms with Crippen molar-refractivity contribution < 1.29 is 19.1 Å². The van der Waals surface area contributed by atoms with Crippen LogP contribution in [0, 0.1) is 0 Å². The van der Waals surface area contributed by atoms with Gasteiger partial charge < -0.3 is 9.47 Å². The smallest absolute Gasteiger partial charge is 0.326 e. The summed E-state index contributed by atoms with van der Waals surface area (Å²) >= 11 is 1.49. The lowest BCUT2D eigenvalue weighted by molar-refractivity contribution is -0.142. The van der Waals surface area contributed by atoms with E-state index in [1.165, 1.54) is 16.2 Å². The number of carbonyl (C=O) groups excluding carboxylic acids is 2. The van der Waals surface area contributed by atoms with E-state index in [1.54, 1.807) is 24.6 Å². The number of nitrogens with zero attached hydrogens (tertiary/aromatic N) is 2. The summed E-state index contributed by atoms with van der Waals surface area (Å²) in [7, 11) is 0. The molecule has 6 nitrogen and oxygen atoms in total. The summed E-state index contributed by atoms with van der Waals surface area (Å²) in [6.07, 6.45) is 0. The molecule has 1 aliphatic heterocycles. The van der Waals surface area contributed by atoms with Crippen molar-refractivity contribution in [2.75, 3.05) is 24.7 Å². The van der Waals surface area contributed by atoms with Crippen LogP contribution in [0.15, 0.2) is 29.1 Å². The van der Waals surface area contributed by atoms with E-state index >= 15 is 0 Å². The average molecular weight is 318 g/mol. The lowest BCUT2D eigenvalue weighted by Gasteiger charge is -2.28. The van der Waals surface area contributed by atoms with Gasteiger partial charge in [-0.05, 0) is 25.1 Å². The van der Waals surface area contributed by atoms with Crippen LogP contribution < -0.4 is 9.64 Å². The zero-order valence-corrected chi connectivity index (χ0v) is 12.8. The molecule has 114 valence electrons. The number of aromatic nitrogens is 1. The number of ether oxygens (including phenoxy) is 2. The molecule has 2 heterocycles. The van der Waals surface area contributed by atoms with Gasteiger partial charge in [0, 0.05) is 10.9 Å². The molecule has 0 N–H and O–H groups in total. The molecule has 0 saturated carbocycles. The number of hydrogen-bond acceptors (Lipinski definition) is 6. The average Bonchev–Trinajstić information content (AvgIpc) is 3.04. The highest BCUT2D eigenvalue weighted by molar-refractivity contribution is 7.07. The Labute approximate surface area is 131 Å². The SMILES string of the molecule is CCOC(=O)CN1C(=O)COc2ccc(-c3cscn3)cc21. The molecule has 0 bridgehead atoms. The molecule has 3 rings (SSSR count). The van der Waals surface area contributed by atoms with Crippen molar-refractivity contribution in [3.8, 4) is 17.0 Å². The number of benzene rings is 1. The third-order valence-corrected chi connectivity index (χ3v) is 3.81. The van der Waals surface area contributed by atoms with E-state index in [2.05, 4.69) is 4.98 Å². The quantitative estimate of drug-likeness (QED) is 0.808. The second kappa shape index (κ2) is 6.15. The Morgan fingerprint density at radius 3 is 3.09 bits per heavy atom. The van der Waals surface area contributed by atoms with Crippen LogP contribution in [-0.4, -0.2) is 36.6 Å². The predicted octanol–water partition coefficient (Wildman–Crippen LogP) is 2.10. The third-order valence-electron chi connectivity index (χ3n) is 3.22. The minimum atomic E-state index is -0.442. The zero-order valence-electron chi connectivity index (χ0n) is 11.9.